The lowest BCUT2D eigenvalue weighted by atomic mass is 10.1. The molecule has 0 atom stereocenters. The van der Waals surface area contributed by atoms with Crippen LogP contribution in [0.5, 0.6) is 0 Å². The first-order valence-electron chi connectivity index (χ1n) is 7.07. The average Bonchev–Trinajstić information content (AvgIpc) is 2.44. The second-order valence-electron chi connectivity index (χ2n) is 4.66. The monoisotopic (exact) mass is 298 g/mol. The molecule has 1 aromatic rings. The highest BCUT2D eigenvalue weighted by atomic mass is 35.5. The van der Waals surface area contributed by atoms with Crippen LogP contribution in [0.3, 0.4) is 0 Å². The number of anilines is 1. The Balaban J connectivity index is 2.36. The number of aliphatic hydroxyl groups excluding tert-OH is 1. The Kier molecular flexibility index (Phi) is 8.83. The molecule has 0 spiro atoms. The summed E-state index contributed by atoms with van der Waals surface area (Å²) in [6, 6.07) is 7.65. The van der Waals surface area contributed by atoms with Gasteiger partial charge in [-0.1, -0.05) is 18.6 Å². The number of aryl methyl sites for hydroxylation is 1. The lowest BCUT2D eigenvalue weighted by molar-refractivity contribution is 0.252. The van der Waals surface area contributed by atoms with E-state index in [0.29, 0.717) is 12.4 Å². The molecule has 2 amide bonds. The molecule has 5 heteroatoms. The molecule has 4 nitrogen and oxygen atoms in total. The first-order valence-corrected chi connectivity index (χ1v) is 7.60. The van der Waals surface area contributed by atoms with E-state index in [1.54, 1.807) is 0 Å². The van der Waals surface area contributed by atoms with Crippen molar-refractivity contribution in [1.82, 2.24) is 5.32 Å². The van der Waals surface area contributed by atoms with Gasteiger partial charge in [-0.25, -0.2) is 4.79 Å². The maximum atomic E-state index is 11.6. The van der Waals surface area contributed by atoms with Gasteiger partial charge in [0.2, 0.25) is 0 Å². The fourth-order valence-electron chi connectivity index (χ4n) is 1.87. The topological polar surface area (TPSA) is 61.4 Å². The van der Waals surface area contributed by atoms with E-state index in [-0.39, 0.29) is 12.6 Å². The van der Waals surface area contributed by atoms with Gasteiger partial charge in [-0.2, -0.15) is 0 Å². The molecule has 0 aliphatic heterocycles. The number of carbonyl (C=O) groups excluding carboxylic acids is 1. The number of hydrogen-bond donors (Lipinski definition) is 3. The molecule has 20 heavy (non-hydrogen) atoms. The molecular formula is C15H23ClN2O2. The number of hydrogen-bond acceptors (Lipinski definition) is 2. The molecule has 3 N–H and O–H groups in total. The van der Waals surface area contributed by atoms with Gasteiger partial charge in [0.15, 0.2) is 0 Å². The molecule has 0 aliphatic rings. The Bertz CT molecular complexity index is 399. The number of alkyl halides is 1. The molecule has 0 aliphatic carbocycles. The minimum atomic E-state index is -0.201. The van der Waals surface area contributed by atoms with Crippen LogP contribution >= 0.6 is 11.6 Å². The zero-order valence-corrected chi connectivity index (χ0v) is 12.5. The van der Waals surface area contributed by atoms with Crippen LogP contribution in [0, 0.1) is 0 Å². The first kappa shape index (κ1) is 16.8. The van der Waals surface area contributed by atoms with Crippen LogP contribution in [0.1, 0.15) is 31.2 Å². The highest BCUT2D eigenvalue weighted by molar-refractivity contribution is 6.17. The number of urea groups is 1. The van der Waals surface area contributed by atoms with Crippen molar-refractivity contribution >= 4 is 23.3 Å². The second-order valence-corrected chi connectivity index (χ2v) is 5.04. The van der Waals surface area contributed by atoms with Crippen LogP contribution in [0.2, 0.25) is 0 Å². The van der Waals surface area contributed by atoms with Gasteiger partial charge in [-0.15, -0.1) is 11.6 Å². The number of aliphatic hydroxyl groups is 1. The summed E-state index contributed by atoms with van der Waals surface area (Å²) in [6.45, 7) is 0.834. The lowest BCUT2D eigenvalue weighted by Gasteiger charge is -2.08. The summed E-state index contributed by atoms with van der Waals surface area (Å²) in [5.41, 5.74) is 1.99. The van der Waals surface area contributed by atoms with Crippen LogP contribution in [0.25, 0.3) is 0 Å². The Morgan fingerprint density at radius 3 is 2.80 bits per heavy atom. The van der Waals surface area contributed by atoms with Crippen molar-refractivity contribution in [1.29, 1.82) is 0 Å². The molecule has 1 rings (SSSR count). The van der Waals surface area contributed by atoms with Gasteiger partial charge in [0.05, 0.1) is 0 Å². The van der Waals surface area contributed by atoms with Gasteiger partial charge in [0, 0.05) is 24.7 Å². The number of amides is 2. The highest BCUT2D eigenvalue weighted by Crippen LogP contribution is 2.13. The maximum absolute atomic E-state index is 11.6. The van der Waals surface area contributed by atoms with Crippen LogP contribution < -0.4 is 10.6 Å². The third-order valence-electron chi connectivity index (χ3n) is 2.90. The van der Waals surface area contributed by atoms with E-state index in [1.807, 2.05) is 18.2 Å². The molecule has 1 aromatic carbocycles. The van der Waals surface area contributed by atoms with E-state index >= 15 is 0 Å². The fourth-order valence-corrected chi connectivity index (χ4v) is 2.00. The van der Waals surface area contributed by atoms with Crippen molar-refractivity contribution in [3.05, 3.63) is 29.8 Å². The largest absolute Gasteiger partial charge is 0.396 e. The van der Waals surface area contributed by atoms with Gasteiger partial charge in [0.1, 0.15) is 0 Å². The number of rotatable bonds is 9. The SMILES string of the molecule is O=C(NCCCCl)Nc1cccc(CCCCCO)c1. The van der Waals surface area contributed by atoms with E-state index in [0.717, 1.165) is 37.8 Å². The van der Waals surface area contributed by atoms with Crippen LogP contribution in [0.15, 0.2) is 24.3 Å². The quantitative estimate of drug-likeness (QED) is 0.484. The number of halogens is 1. The summed E-state index contributed by atoms with van der Waals surface area (Å²) >= 11 is 5.55. The predicted octanol–water partition coefficient (Wildman–Crippen LogP) is 3.14. The van der Waals surface area contributed by atoms with E-state index in [2.05, 4.69) is 16.7 Å². The van der Waals surface area contributed by atoms with Crippen molar-refractivity contribution in [2.75, 3.05) is 24.3 Å². The molecule has 0 saturated carbocycles. The van der Waals surface area contributed by atoms with Gasteiger partial charge in [-0.05, 0) is 43.4 Å². The molecule has 0 aromatic heterocycles. The molecule has 0 bridgehead atoms. The number of benzene rings is 1. The summed E-state index contributed by atoms with van der Waals surface area (Å²) < 4.78 is 0. The third-order valence-corrected chi connectivity index (χ3v) is 3.17. The Morgan fingerprint density at radius 2 is 2.05 bits per heavy atom. The Labute approximate surface area is 125 Å². The summed E-state index contributed by atoms with van der Waals surface area (Å²) in [6.07, 6.45) is 4.64. The second kappa shape index (κ2) is 10.5. The Hall–Kier alpha value is -1.26. The standard InChI is InChI=1S/C15H23ClN2O2/c16-9-5-10-17-15(20)18-14-8-4-7-13(12-14)6-2-1-3-11-19/h4,7-8,12,19H,1-3,5-6,9-11H2,(H2,17,18,20). The van der Waals surface area contributed by atoms with Crippen molar-refractivity contribution in [3.63, 3.8) is 0 Å². The van der Waals surface area contributed by atoms with Crippen molar-refractivity contribution < 1.29 is 9.90 Å². The van der Waals surface area contributed by atoms with Gasteiger partial charge >= 0.3 is 6.03 Å². The molecule has 0 fully saturated rings. The highest BCUT2D eigenvalue weighted by Gasteiger charge is 2.01. The number of nitrogens with one attached hydrogen (secondary N) is 2. The maximum Gasteiger partial charge on any atom is 0.319 e. The molecule has 112 valence electrons. The lowest BCUT2D eigenvalue weighted by Crippen LogP contribution is -2.29. The average molecular weight is 299 g/mol. The van der Waals surface area contributed by atoms with Crippen molar-refractivity contribution in [2.24, 2.45) is 0 Å². The zero-order chi connectivity index (χ0) is 14.6. The predicted molar refractivity (Wildman–Crippen MR) is 83.4 cm³/mol. The van der Waals surface area contributed by atoms with Crippen LogP contribution in [0.4, 0.5) is 10.5 Å². The van der Waals surface area contributed by atoms with Gasteiger partial charge in [-0.3, -0.25) is 0 Å². The number of carbonyl (C=O) groups is 1. The molecular weight excluding hydrogens is 276 g/mol. The first-order chi connectivity index (χ1) is 9.76. The van der Waals surface area contributed by atoms with Crippen LogP contribution in [-0.2, 0) is 6.42 Å². The van der Waals surface area contributed by atoms with Crippen molar-refractivity contribution in [3.8, 4) is 0 Å². The molecule has 0 radical (unpaired) electrons. The van der Waals surface area contributed by atoms with Crippen molar-refractivity contribution in [2.45, 2.75) is 32.1 Å². The molecule has 0 heterocycles. The number of unbranched alkanes of at least 4 members (excludes halogenated alkanes) is 2. The summed E-state index contributed by atoms with van der Waals surface area (Å²) in [7, 11) is 0. The van der Waals surface area contributed by atoms with Gasteiger partial charge in [0.25, 0.3) is 0 Å². The summed E-state index contributed by atoms with van der Waals surface area (Å²) in [5, 5.41) is 14.3. The molecule has 0 unspecified atom stereocenters. The zero-order valence-electron chi connectivity index (χ0n) is 11.7. The molecule has 0 saturated heterocycles. The fraction of sp³-hybridized carbons (Fsp3) is 0.533. The summed E-state index contributed by atoms with van der Waals surface area (Å²) in [5.74, 6) is 0.545. The minimum absolute atomic E-state index is 0.201. The summed E-state index contributed by atoms with van der Waals surface area (Å²) in [4.78, 5) is 11.6. The van der Waals surface area contributed by atoms with Crippen LogP contribution in [-0.4, -0.2) is 30.2 Å². The van der Waals surface area contributed by atoms with E-state index < -0.39 is 0 Å². The van der Waals surface area contributed by atoms with E-state index in [4.69, 9.17) is 16.7 Å². The van der Waals surface area contributed by atoms with E-state index in [1.165, 1.54) is 5.56 Å². The smallest absolute Gasteiger partial charge is 0.319 e. The Morgan fingerprint density at radius 1 is 1.20 bits per heavy atom. The third kappa shape index (κ3) is 7.36. The normalized spacial score (nSPS) is 10.3. The van der Waals surface area contributed by atoms with Gasteiger partial charge < -0.3 is 15.7 Å². The minimum Gasteiger partial charge on any atom is -0.396 e. The van der Waals surface area contributed by atoms with E-state index in [9.17, 15) is 4.79 Å².